The molecule has 0 spiro atoms. The highest BCUT2D eigenvalue weighted by molar-refractivity contribution is 4.89. The van der Waals surface area contributed by atoms with Gasteiger partial charge in [0.25, 0.3) is 0 Å². The van der Waals surface area contributed by atoms with Crippen molar-refractivity contribution in [1.29, 1.82) is 0 Å². The Labute approximate surface area is 79.0 Å². The maximum Gasteiger partial charge on any atom is 0.161 e. The van der Waals surface area contributed by atoms with E-state index in [1.807, 2.05) is 0 Å². The smallest absolute Gasteiger partial charge is 0.161 e. The first kappa shape index (κ1) is 11.2. The molecule has 1 rings (SSSR count). The molecular formula is C6H11N3O5. The average molecular weight is 205 g/mol. The minimum Gasteiger partial charge on any atom is -0.388 e. The summed E-state index contributed by atoms with van der Waals surface area (Å²) in [5, 5.41) is 39.7. The highest BCUT2D eigenvalue weighted by atomic mass is 16.5. The third kappa shape index (κ3) is 2.13. The molecule has 1 aliphatic rings. The zero-order valence-corrected chi connectivity index (χ0v) is 7.13. The Bertz CT molecular complexity index is 244. The first-order valence-electron chi connectivity index (χ1n) is 3.96. The third-order valence-corrected chi connectivity index (χ3v) is 2.00. The van der Waals surface area contributed by atoms with Crippen LogP contribution < -0.4 is 0 Å². The van der Waals surface area contributed by atoms with Gasteiger partial charge in [0.2, 0.25) is 0 Å². The lowest BCUT2D eigenvalue weighted by Gasteiger charge is -2.36. The molecule has 0 aliphatic carbocycles. The molecule has 1 unspecified atom stereocenters. The van der Waals surface area contributed by atoms with Crippen molar-refractivity contribution in [2.45, 2.75) is 30.6 Å². The monoisotopic (exact) mass is 205 g/mol. The Hall–Kier alpha value is -0.890. The number of nitrogens with zero attached hydrogens (tertiary/aromatic N) is 3. The van der Waals surface area contributed by atoms with Gasteiger partial charge in [0.05, 0.1) is 6.61 Å². The summed E-state index contributed by atoms with van der Waals surface area (Å²) in [7, 11) is 0. The van der Waals surface area contributed by atoms with Crippen LogP contribution in [0.2, 0.25) is 0 Å². The highest BCUT2D eigenvalue weighted by Gasteiger charge is 2.40. The first-order chi connectivity index (χ1) is 6.57. The molecule has 0 saturated carbocycles. The van der Waals surface area contributed by atoms with Gasteiger partial charge >= 0.3 is 0 Å². The van der Waals surface area contributed by atoms with E-state index in [0.717, 1.165) is 0 Å². The number of rotatable bonds is 2. The minimum atomic E-state index is -1.59. The number of azide groups is 1. The van der Waals surface area contributed by atoms with E-state index in [2.05, 4.69) is 10.0 Å². The van der Waals surface area contributed by atoms with Gasteiger partial charge in [0.1, 0.15) is 24.4 Å². The summed E-state index contributed by atoms with van der Waals surface area (Å²) < 4.78 is 4.81. The van der Waals surface area contributed by atoms with Crippen LogP contribution in [0.3, 0.4) is 0 Å². The molecule has 80 valence electrons. The summed E-state index contributed by atoms with van der Waals surface area (Å²) in [5.41, 5.74) is 8.02. The molecule has 1 saturated heterocycles. The fourth-order valence-corrected chi connectivity index (χ4v) is 1.21. The fourth-order valence-electron chi connectivity index (χ4n) is 1.21. The fraction of sp³-hybridized carbons (Fsp3) is 1.00. The van der Waals surface area contributed by atoms with Crippen LogP contribution in [0.25, 0.3) is 10.4 Å². The maximum absolute atomic E-state index is 9.33. The lowest BCUT2D eigenvalue weighted by Crippen LogP contribution is -2.56. The number of ether oxygens (including phenoxy) is 1. The average Bonchev–Trinajstić information content (AvgIpc) is 2.15. The molecule has 14 heavy (non-hydrogen) atoms. The highest BCUT2D eigenvalue weighted by Crippen LogP contribution is 2.18. The van der Waals surface area contributed by atoms with Gasteiger partial charge in [-0.3, -0.25) is 0 Å². The van der Waals surface area contributed by atoms with E-state index in [4.69, 9.17) is 20.5 Å². The van der Waals surface area contributed by atoms with Crippen LogP contribution in [0.15, 0.2) is 5.11 Å². The zero-order chi connectivity index (χ0) is 10.7. The second-order valence-corrected chi connectivity index (χ2v) is 2.97. The number of hydrogen-bond acceptors (Lipinski definition) is 6. The number of aliphatic hydroxyl groups excluding tert-OH is 4. The van der Waals surface area contributed by atoms with E-state index in [1.54, 1.807) is 0 Å². The van der Waals surface area contributed by atoms with Crippen LogP contribution in [-0.4, -0.2) is 57.7 Å². The summed E-state index contributed by atoms with van der Waals surface area (Å²) in [5.74, 6) is 0. The molecule has 1 aliphatic heterocycles. The molecule has 0 aromatic heterocycles. The van der Waals surface area contributed by atoms with E-state index in [9.17, 15) is 10.2 Å². The molecule has 4 N–H and O–H groups in total. The molecular weight excluding hydrogens is 194 g/mol. The summed E-state index contributed by atoms with van der Waals surface area (Å²) in [6, 6.07) is 0. The van der Waals surface area contributed by atoms with Gasteiger partial charge in [0, 0.05) is 4.91 Å². The summed E-state index contributed by atoms with van der Waals surface area (Å²) in [6.07, 6.45) is -6.92. The standard InChI is InChI=1S/C6H11N3O5/c7-9-8-6(13)5-4(12)3(11)2(10)1-14-5/h2-6,10-13H,1H2/t2-,3+,4+,5-,6?/m0/s1. The van der Waals surface area contributed by atoms with E-state index in [1.165, 1.54) is 0 Å². The molecule has 5 atom stereocenters. The van der Waals surface area contributed by atoms with Crippen molar-refractivity contribution in [1.82, 2.24) is 0 Å². The van der Waals surface area contributed by atoms with Crippen molar-refractivity contribution in [3.63, 3.8) is 0 Å². The van der Waals surface area contributed by atoms with Gasteiger partial charge in [-0.25, -0.2) is 0 Å². The van der Waals surface area contributed by atoms with Crippen LogP contribution in [-0.2, 0) is 4.74 Å². The van der Waals surface area contributed by atoms with Crippen LogP contribution in [0.1, 0.15) is 0 Å². The van der Waals surface area contributed by atoms with E-state index in [-0.39, 0.29) is 6.61 Å². The molecule has 1 heterocycles. The van der Waals surface area contributed by atoms with Gasteiger partial charge in [0.15, 0.2) is 6.23 Å². The first-order valence-corrected chi connectivity index (χ1v) is 3.96. The lowest BCUT2D eigenvalue weighted by molar-refractivity contribution is -0.209. The molecule has 0 aromatic rings. The van der Waals surface area contributed by atoms with Crippen LogP contribution >= 0.6 is 0 Å². The second kappa shape index (κ2) is 4.56. The van der Waals surface area contributed by atoms with Crippen molar-refractivity contribution in [3.05, 3.63) is 10.4 Å². The predicted octanol–water partition coefficient (Wildman–Crippen LogP) is -1.90. The molecule has 8 heteroatoms. The molecule has 8 nitrogen and oxygen atoms in total. The molecule has 0 bridgehead atoms. The Kier molecular flexibility index (Phi) is 3.64. The third-order valence-electron chi connectivity index (χ3n) is 2.00. The Balaban J connectivity index is 2.67. The summed E-state index contributed by atoms with van der Waals surface area (Å²) >= 11 is 0. The molecule has 0 amide bonds. The normalized spacial score (nSPS) is 40.0. The molecule has 0 radical (unpaired) electrons. The van der Waals surface area contributed by atoms with Crippen LogP contribution in [0.5, 0.6) is 0 Å². The van der Waals surface area contributed by atoms with E-state index in [0.29, 0.717) is 0 Å². The van der Waals surface area contributed by atoms with Crippen molar-refractivity contribution in [2.75, 3.05) is 6.61 Å². The van der Waals surface area contributed by atoms with E-state index >= 15 is 0 Å². The number of aliphatic hydroxyl groups is 4. The van der Waals surface area contributed by atoms with Gasteiger partial charge in [-0.2, -0.15) is 0 Å². The molecule has 0 aromatic carbocycles. The van der Waals surface area contributed by atoms with Gasteiger partial charge in [-0.05, 0) is 5.53 Å². The lowest BCUT2D eigenvalue weighted by atomic mass is 9.99. The quantitative estimate of drug-likeness (QED) is 0.237. The van der Waals surface area contributed by atoms with Gasteiger partial charge < -0.3 is 25.2 Å². The summed E-state index contributed by atoms with van der Waals surface area (Å²) in [4.78, 5) is 2.33. The van der Waals surface area contributed by atoms with Gasteiger partial charge in [-0.1, -0.05) is 5.11 Å². The van der Waals surface area contributed by atoms with Gasteiger partial charge in [-0.15, -0.1) is 0 Å². The molecule has 1 fully saturated rings. The Morgan fingerprint density at radius 2 is 2.00 bits per heavy atom. The second-order valence-electron chi connectivity index (χ2n) is 2.97. The van der Waals surface area contributed by atoms with Crippen molar-refractivity contribution < 1.29 is 25.2 Å². The number of hydrogen-bond donors (Lipinski definition) is 4. The van der Waals surface area contributed by atoms with Crippen molar-refractivity contribution in [3.8, 4) is 0 Å². The van der Waals surface area contributed by atoms with Crippen molar-refractivity contribution in [2.24, 2.45) is 5.11 Å². The van der Waals surface area contributed by atoms with Crippen LogP contribution in [0.4, 0.5) is 0 Å². The summed E-state index contributed by atoms with van der Waals surface area (Å²) in [6.45, 7) is -0.235. The Morgan fingerprint density at radius 1 is 1.36 bits per heavy atom. The minimum absolute atomic E-state index is 0.235. The zero-order valence-electron chi connectivity index (χ0n) is 7.13. The van der Waals surface area contributed by atoms with E-state index < -0.39 is 30.6 Å². The largest absolute Gasteiger partial charge is 0.388 e. The maximum atomic E-state index is 9.33. The predicted molar refractivity (Wildman–Crippen MR) is 42.9 cm³/mol. The Morgan fingerprint density at radius 3 is 2.57 bits per heavy atom. The van der Waals surface area contributed by atoms with Crippen molar-refractivity contribution >= 4 is 0 Å². The van der Waals surface area contributed by atoms with Crippen LogP contribution in [0, 0.1) is 0 Å². The topological polar surface area (TPSA) is 139 Å². The SMILES string of the molecule is [N-]=[N+]=NC(O)[C@H]1OC[C@H](O)[C@@H](O)[C@H]1O.